The normalized spacial score (nSPS) is 16.2. The molecule has 7 heteroatoms. The summed E-state index contributed by atoms with van der Waals surface area (Å²) in [6.45, 7) is 5.44. The molecular formula is C26H34N4O2S. The van der Waals surface area contributed by atoms with Crippen molar-refractivity contribution >= 4 is 35.3 Å². The van der Waals surface area contributed by atoms with Crippen molar-refractivity contribution < 1.29 is 9.59 Å². The van der Waals surface area contributed by atoms with Gasteiger partial charge in [0.15, 0.2) is 0 Å². The van der Waals surface area contributed by atoms with Crippen molar-refractivity contribution in [1.29, 1.82) is 5.41 Å². The zero-order valence-electron chi connectivity index (χ0n) is 19.3. The van der Waals surface area contributed by atoms with E-state index in [0.29, 0.717) is 30.4 Å². The molecule has 33 heavy (non-hydrogen) atoms. The van der Waals surface area contributed by atoms with Crippen LogP contribution in [0.4, 0.5) is 5.69 Å². The van der Waals surface area contributed by atoms with Gasteiger partial charge in [0.2, 0.25) is 6.41 Å². The van der Waals surface area contributed by atoms with E-state index in [4.69, 9.17) is 5.41 Å². The second-order valence-electron chi connectivity index (χ2n) is 8.34. The Balaban J connectivity index is 1.64. The van der Waals surface area contributed by atoms with Gasteiger partial charge in [-0.3, -0.25) is 9.59 Å². The summed E-state index contributed by atoms with van der Waals surface area (Å²) in [6.07, 6.45) is 6.75. The van der Waals surface area contributed by atoms with Crippen LogP contribution in [0.25, 0.3) is 0 Å². The highest BCUT2D eigenvalue weighted by molar-refractivity contribution is 8.12. The van der Waals surface area contributed by atoms with Gasteiger partial charge in [-0.25, -0.2) is 0 Å². The zero-order chi connectivity index (χ0) is 23.5. The standard InChI is InChI=1S/C26H34N4O2S/c1-2-23-11-6-7-15-29(23)16-8-14-28-26(32)22-12-13-25(33-19-27)24(17-22)30(20-31)18-21-9-4-3-5-10-21/h3-5,9-10,12-13,17,19-20,23,27H,2,6-8,11,14-16,18H2,1H3,(H,28,32). The number of amides is 2. The molecular weight excluding hydrogens is 432 g/mol. The smallest absolute Gasteiger partial charge is 0.251 e. The molecule has 1 saturated heterocycles. The van der Waals surface area contributed by atoms with Gasteiger partial charge in [0.05, 0.1) is 17.8 Å². The molecule has 0 bridgehead atoms. The average Bonchev–Trinajstić information content (AvgIpc) is 2.86. The van der Waals surface area contributed by atoms with Crippen molar-refractivity contribution in [3.63, 3.8) is 0 Å². The number of benzene rings is 2. The van der Waals surface area contributed by atoms with Crippen molar-refractivity contribution in [3.8, 4) is 0 Å². The molecule has 3 rings (SSSR count). The molecule has 1 aliphatic rings. The molecule has 0 aliphatic carbocycles. The maximum absolute atomic E-state index is 12.8. The number of anilines is 1. The van der Waals surface area contributed by atoms with Crippen LogP contribution in [0.1, 0.15) is 54.9 Å². The third-order valence-corrected chi connectivity index (χ3v) is 6.88. The van der Waals surface area contributed by atoms with E-state index >= 15 is 0 Å². The van der Waals surface area contributed by atoms with Gasteiger partial charge in [-0.1, -0.05) is 55.4 Å². The third-order valence-electron chi connectivity index (χ3n) is 6.17. The van der Waals surface area contributed by atoms with Gasteiger partial charge in [-0.2, -0.15) is 0 Å². The fourth-order valence-electron chi connectivity index (χ4n) is 4.41. The summed E-state index contributed by atoms with van der Waals surface area (Å²) in [7, 11) is 0. The molecule has 0 aromatic heterocycles. The van der Waals surface area contributed by atoms with Gasteiger partial charge in [0.25, 0.3) is 5.91 Å². The predicted octanol–water partition coefficient (Wildman–Crippen LogP) is 4.93. The summed E-state index contributed by atoms with van der Waals surface area (Å²) in [5, 5.41) is 10.5. The number of carbonyl (C=O) groups is 2. The summed E-state index contributed by atoms with van der Waals surface area (Å²) in [6, 6.07) is 15.7. The molecule has 2 aromatic rings. The lowest BCUT2D eigenvalue weighted by Crippen LogP contribution is -2.40. The number of nitrogens with zero attached hydrogens (tertiary/aromatic N) is 2. The van der Waals surface area contributed by atoms with Crippen LogP contribution in [0, 0.1) is 5.41 Å². The van der Waals surface area contributed by atoms with Crippen LogP contribution in [0.2, 0.25) is 0 Å². The highest BCUT2D eigenvalue weighted by Crippen LogP contribution is 2.30. The number of hydrogen-bond donors (Lipinski definition) is 2. The lowest BCUT2D eigenvalue weighted by atomic mass is 10.00. The van der Waals surface area contributed by atoms with Crippen molar-refractivity contribution in [2.45, 2.75) is 56.5 Å². The van der Waals surface area contributed by atoms with Crippen LogP contribution in [0.15, 0.2) is 53.4 Å². The van der Waals surface area contributed by atoms with E-state index < -0.39 is 0 Å². The third kappa shape index (κ3) is 7.17. The van der Waals surface area contributed by atoms with Gasteiger partial charge in [-0.05, 0) is 56.0 Å². The minimum absolute atomic E-state index is 0.140. The first kappa shape index (κ1) is 25.0. The molecule has 2 N–H and O–H groups in total. The van der Waals surface area contributed by atoms with E-state index in [1.807, 2.05) is 30.3 Å². The molecule has 6 nitrogen and oxygen atoms in total. The number of hydrogen-bond acceptors (Lipinski definition) is 5. The van der Waals surface area contributed by atoms with Gasteiger partial charge < -0.3 is 20.5 Å². The number of likely N-dealkylation sites (tertiary alicyclic amines) is 1. The average molecular weight is 467 g/mol. The molecule has 1 unspecified atom stereocenters. The zero-order valence-corrected chi connectivity index (χ0v) is 20.2. The van der Waals surface area contributed by atoms with E-state index in [9.17, 15) is 9.59 Å². The molecule has 1 heterocycles. The Morgan fingerprint density at radius 3 is 2.79 bits per heavy atom. The van der Waals surface area contributed by atoms with E-state index in [0.717, 1.165) is 36.4 Å². The highest BCUT2D eigenvalue weighted by Gasteiger charge is 2.20. The van der Waals surface area contributed by atoms with E-state index in [-0.39, 0.29) is 5.91 Å². The highest BCUT2D eigenvalue weighted by atomic mass is 32.2. The van der Waals surface area contributed by atoms with E-state index in [1.165, 1.54) is 43.0 Å². The Morgan fingerprint density at radius 2 is 2.06 bits per heavy atom. The maximum Gasteiger partial charge on any atom is 0.251 e. The van der Waals surface area contributed by atoms with Gasteiger partial charge >= 0.3 is 0 Å². The molecule has 1 atom stereocenters. The van der Waals surface area contributed by atoms with Crippen molar-refractivity contribution in [2.24, 2.45) is 0 Å². The Bertz CT molecular complexity index is 922. The van der Waals surface area contributed by atoms with E-state index in [1.54, 1.807) is 23.1 Å². The number of piperidine rings is 1. The minimum atomic E-state index is -0.140. The van der Waals surface area contributed by atoms with Crippen LogP contribution < -0.4 is 10.2 Å². The topological polar surface area (TPSA) is 76.5 Å². The number of carbonyl (C=O) groups excluding carboxylic acids is 2. The largest absolute Gasteiger partial charge is 0.352 e. The SMILES string of the molecule is CCC1CCCCN1CCCNC(=O)c1ccc(SC=N)c(N(C=O)Cc2ccccc2)c1. The first-order chi connectivity index (χ1) is 16.2. The van der Waals surface area contributed by atoms with Crippen LogP contribution in [0.3, 0.4) is 0 Å². The molecule has 2 amide bonds. The summed E-state index contributed by atoms with van der Waals surface area (Å²) in [5.74, 6) is -0.140. The van der Waals surface area contributed by atoms with Crippen molar-refractivity contribution in [2.75, 3.05) is 24.5 Å². The molecule has 0 saturated carbocycles. The molecule has 0 radical (unpaired) electrons. The fraction of sp³-hybridized carbons (Fsp3) is 0.423. The van der Waals surface area contributed by atoms with Gasteiger partial charge in [0, 0.05) is 29.6 Å². The Hall–Kier alpha value is -2.64. The number of thioether (sulfide) groups is 1. The summed E-state index contributed by atoms with van der Waals surface area (Å²) >= 11 is 1.22. The monoisotopic (exact) mass is 466 g/mol. The quantitative estimate of drug-likeness (QED) is 0.153. The van der Waals surface area contributed by atoms with E-state index in [2.05, 4.69) is 17.1 Å². The summed E-state index contributed by atoms with van der Waals surface area (Å²) in [4.78, 5) is 29.6. The maximum atomic E-state index is 12.8. The molecule has 1 aliphatic heterocycles. The van der Waals surface area contributed by atoms with Crippen LogP contribution in [-0.4, -0.2) is 48.4 Å². The Kier molecular flexibility index (Phi) is 9.97. The van der Waals surface area contributed by atoms with Gasteiger partial charge in [-0.15, -0.1) is 0 Å². The molecule has 0 spiro atoms. The molecule has 2 aromatic carbocycles. The molecule has 1 fully saturated rings. The lowest BCUT2D eigenvalue weighted by Gasteiger charge is -2.35. The lowest BCUT2D eigenvalue weighted by molar-refractivity contribution is -0.107. The predicted molar refractivity (Wildman–Crippen MR) is 136 cm³/mol. The second kappa shape index (κ2) is 13.2. The first-order valence-corrected chi connectivity index (χ1v) is 12.6. The summed E-state index contributed by atoms with van der Waals surface area (Å²) in [5.41, 5.74) is 3.37. The van der Waals surface area contributed by atoms with Crippen LogP contribution in [0.5, 0.6) is 0 Å². The van der Waals surface area contributed by atoms with Crippen molar-refractivity contribution in [1.82, 2.24) is 10.2 Å². The number of rotatable bonds is 12. The van der Waals surface area contributed by atoms with Crippen LogP contribution >= 0.6 is 11.8 Å². The number of nitrogens with one attached hydrogen (secondary N) is 2. The van der Waals surface area contributed by atoms with Crippen molar-refractivity contribution in [3.05, 3.63) is 59.7 Å². The Labute approximate surface area is 201 Å². The Morgan fingerprint density at radius 1 is 1.24 bits per heavy atom. The minimum Gasteiger partial charge on any atom is -0.352 e. The first-order valence-electron chi connectivity index (χ1n) is 11.7. The fourth-order valence-corrected chi connectivity index (χ4v) is 4.98. The van der Waals surface area contributed by atoms with Crippen LogP contribution in [-0.2, 0) is 11.3 Å². The van der Waals surface area contributed by atoms with Gasteiger partial charge in [0.1, 0.15) is 0 Å². The second-order valence-corrected chi connectivity index (χ2v) is 9.25. The summed E-state index contributed by atoms with van der Waals surface area (Å²) < 4.78 is 0. The molecule has 176 valence electrons.